The Morgan fingerprint density at radius 1 is 1.26 bits per heavy atom. The highest BCUT2D eigenvalue weighted by molar-refractivity contribution is 7.10. The number of nitrogens with zero attached hydrogens (tertiary/aromatic N) is 2. The van der Waals surface area contributed by atoms with Gasteiger partial charge in [-0.15, -0.1) is 11.3 Å². The molecule has 1 amide bonds. The zero-order valence-corrected chi connectivity index (χ0v) is 20.0. The molecule has 1 aromatic heterocycles. The standard InChI is InChI=1S/C25H36N2O3S/c1-5-20(28)15-26(6-2)16-25(29)27-13-11-24-22(12-14-31-24)23(27)17-30-21-9-7-19(8-10-21)18(3)4/h7-10,12,14,18,20,23,28H,5-6,11,13,15-17H2,1-4H3/t20-,23+/m0/s1. The van der Waals surface area contributed by atoms with E-state index in [9.17, 15) is 9.90 Å². The molecule has 1 N–H and O–H groups in total. The van der Waals surface area contributed by atoms with Crippen molar-refractivity contribution in [3.05, 3.63) is 51.7 Å². The number of aliphatic hydroxyl groups is 1. The molecule has 0 radical (unpaired) electrons. The molecule has 1 aliphatic rings. The molecule has 170 valence electrons. The Labute approximate surface area is 190 Å². The number of rotatable bonds is 10. The topological polar surface area (TPSA) is 53.0 Å². The van der Waals surface area contributed by atoms with Crippen molar-refractivity contribution >= 4 is 17.2 Å². The van der Waals surface area contributed by atoms with Crippen LogP contribution >= 0.6 is 11.3 Å². The van der Waals surface area contributed by atoms with E-state index in [4.69, 9.17) is 4.74 Å². The molecule has 0 spiro atoms. The summed E-state index contributed by atoms with van der Waals surface area (Å²) in [6.45, 7) is 11.1. The van der Waals surface area contributed by atoms with Crippen molar-refractivity contribution in [2.24, 2.45) is 0 Å². The molecular weight excluding hydrogens is 408 g/mol. The molecule has 3 rings (SSSR count). The number of thiophene rings is 1. The van der Waals surface area contributed by atoms with E-state index >= 15 is 0 Å². The van der Waals surface area contributed by atoms with E-state index < -0.39 is 6.10 Å². The molecule has 0 saturated heterocycles. The molecule has 0 fully saturated rings. The average molecular weight is 445 g/mol. The number of likely N-dealkylation sites (N-methyl/N-ethyl adjacent to an activating group) is 1. The number of carbonyl (C=O) groups is 1. The zero-order valence-electron chi connectivity index (χ0n) is 19.2. The Morgan fingerprint density at radius 3 is 2.65 bits per heavy atom. The summed E-state index contributed by atoms with van der Waals surface area (Å²) in [7, 11) is 0. The first kappa shape index (κ1) is 23.8. The summed E-state index contributed by atoms with van der Waals surface area (Å²) in [4.78, 5) is 18.6. The fourth-order valence-corrected chi connectivity index (χ4v) is 4.94. The smallest absolute Gasteiger partial charge is 0.237 e. The molecule has 5 nitrogen and oxygen atoms in total. The molecule has 1 aliphatic heterocycles. The highest BCUT2D eigenvalue weighted by atomic mass is 32.1. The highest BCUT2D eigenvalue weighted by Gasteiger charge is 2.32. The van der Waals surface area contributed by atoms with Crippen LogP contribution in [0.25, 0.3) is 0 Å². The maximum Gasteiger partial charge on any atom is 0.237 e. The second-order valence-electron chi connectivity index (χ2n) is 8.58. The molecular formula is C25H36N2O3S. The largest absolute Gasteiger partial charge is 0.491 e. The van der Waals surface area contributed by atoms with Crippen LogP contribution in [-0.4, -0.2) is 59.7 Å². The van der Waals surface area contributed by atoms with Crippen molar-refractivity contribution in [2.75, 3.05) is 32.8 Å². The van der Waals surface area contributed by atoms with Gasteiger partial charge in [0.25, 0.3) is 0 Å². The van der Waals surface area contributed by atoms with Gasteiger partial charge in [-0.2, -0.15) is 0 Å². The van der Waals surface area contributed by atoms with Crippen molar-refractivity contribution in [1.29, 1.82) is 0 Å². The normalized spacial score (nSPS) is 17.1. The van der Waals surface area contributed by atoms with Gasteiger partial charge in [-0.1, -0.05) is 39.8 Å². The van der Waals surface area contributed by atoms with E-state index in [0.29, 0.717) is 38.6 Å². The van der Waals surface area contributed by atoms with E-state index in [0.717, 1.165) is 18.7 Å². The number of fused-ring (bicyclic) bond motifs is 1. The molecule has 6 heteroatoms. The van der Waals surface area contributed by atoms with Crippen LogP contribution in [0, 0.1) is 0 Å². The minimum atomic E-state index is -0.398. The average Bonchev–Trinajstić information content (AvgIpc) is 3.26. The molecule has 31 heavy (non-hydrogen) atoms. The monoisotopic (exact) mass is 444 g/mol. The van der Waals surface area contributed by atoms with Crippen LogP contribution in [0.1, 0.15) is 62.1 Å². The summed E-state index contributed by atoms with van der Waals surface area (Å²) in [5.41, 5.74) is 2.50. The molecule has 2 aromatic rings. The Morgan fingerprint density at radius 2 is 2.00 bits per heavy atom. The third-order valence-corrected chi connectivity index (χ3v) is 7.11. The predicted molar refractivity (Wildman–Crippen MR) is 127 cm³/mol. The quantitative estimate of drug-likeness (QED) is 0.587. The SMILES string of the molecule is CC[C@H](O)CN(CC)CC(=O)N1CCc2sccc2[C@H]1COc1ccc(C(C)C)cc1. The van der Waals surface area contributed by atoms with Gasteiger partial charge >= 0.3 is 0 Å². The zero-order chi connectivity index (χ0) is 22.4. The molecule has 0 unspecified atom stereocenters. The number of hydrogen-bond acceptors (Lipinski definition) is 5. The fraction of sp³-hybridized carbons (Fsp3) is 0.560. The lowest BCUT2D eigenvalue weighted by Crippen LogP contribution is -2.47. The lowest BCUT2D eigenvalue weighted by molar-refractivity contribution is -0.136. The minimum absolute atomic E-state index is 0.0814. The van der Waals surface area contributed by atoms with Gasteiger partial charge in [0.05, 0.1) is 18.7 Å². The predicted octanol–water partition coefficient (Wildman–Crippen LogP) is 4.47. The highest BCUT2D eigenvalue weighted by Crippen LogP contribution is 2.34. The van der Waals surface area contributed by atoms with Gasteiger partial charge in [-0.25, -0.2) is 0 Å². The first-order valence-electron chi connectivity index (χ1n) is 11.4. The summed E-state index contributed by atoms with van der Waals surface area (Å²) in [6.07, 6.45) is 1.19. The number of carbonyl (C=O) groups excluding carboxylic acids is 1. The first-order valence-corrected chi connectivity index (χ1v) is 12.3. The number of ether oxygens (including phenoxy) is 1. The van der Waals surface area contributed by atoms with Crippen LogP contribution in [0.4, 0.5) is 0 Å². The fourth-order valence-electron chi connectivity index (χ4n) is 4.01. The van der Waals surface area contributed by atoms with Crippen molar-refractivity contribution in [3.63, 3.8) is 0 Å². The van der Waals surface area contributed by atoms with E-state index in [2.05, 4.69) is 37.4 Å². The molecule has 0 saturated carbocycles. The first-order chi connectivity index (χ1) is 14.9. The Balaban J connectivity index is 1.70. The van der Waals surface area contributed by atoms with E-state index in [1.165, 1.54) is 16.0 Å². The second-order valence-corrected chi connectivity index (χ2v) is 9.58. The van der Waals surface area contributed by atoms with Gasteiger partial charge in [0.2, 0.25) is 5.91 Å². The number of aliphatic hydroxyl groups excluding tert-OH is 1. The Kier molecular flexibility index (Phi) is 8.52. The maximum absolute atomic E-state index is 13.3. The summed E-state index contributed by atoms with van der Waals surface area (Å²) >= 11 is 1.76. The maximum atomic E-state index is 13.3. The van der Waals surface area contributed by atoms with Gasteiger partial charge in [-0.05, 0) is 60.0 Å². The van der Waals surface area contributed by atoms with E-state index in [1.807, 2.05) is 35.8 Å². The molecule has 0 bridgehead atoms. The third-order valence-electron chi connectivity index (χ3n) is 6.12. The Hall–Kier alpha value is -1.89. The van der Waals surface area contributed by atoms with Gasteiger partial charge in [0, 0.05) is 18.0 Å². The van der Waals surface area contributed by atoms with Gasteiger partial charge < -0.3 is 14.7 Å². The third kappa shape index (κ3) is 6.09. The number of benzene rings is 1. The van der Waals surface area contributed by atoms with Crippen LogP contribution in [0.2, 0.25) is 0 Å². The van der Waals surface area contributed by atoms with Gasteiger partial charge in [0.1, 0.15) is 12.4 Å². The van der Waals surface area contributed by atoms with Crippen molar-refractivity contribution in [3.8, 4) is 5.75 Å². The number of amides is 1. The van der Waals surface area contributed by atoms with Gasteiger partial charge in [-0.3, -0.25) is 9.69 Å². The summed E-state index contributed by atoms with van der Waals surface area (Å²) in [5, 5.41) is 12.1. The van der Waals surface area contributed by atoms with E-state index in [1.54, 1.807) is 11.3 Å². The lowest BCUT2D eigenvalue weighted by Gasteiger charge is -2.37. The van der Waals surface area contributed by atoms with Crippen molar-refractivity contribution in [1.82, 2.24) is 9.80 Å². The van der Waals surface area contributed by atoms with Crippen LogP contribution in [0.15, 0.2) is 35.7 Å². The lowest BCUT2D eigenvalue weighted by atomic mass is 10.00. The summed E-state index contributed by atoms with van der Waals surface area (Å²) < 4.78 is 6.16. The van der Waals surface area contributed by atoms with Crippen molar-refractivity contribution < 1.29 is 14.6 Å². The molecule has 2 heterocycles. The second kappa shape index (κ2) is 11.1. The number of hydrogen-bond donors (Lipinski definition) is 1. The Bertz CT molecular complexity index is 834. The summed E-state index contributed by atoms with van der Waals surface area (Å²) in [6, 6.07) is 10.3. The van der Waals surface area contributed by atoms with Crippen LogP contribution in [0.3, 0.4) is 0 Å². The van der Waals surface area contributed by atoms with Crippen LogP contribution < -0.4 is 4.74 Å². The molecule has 1 aromatic carbocycles. The summed E-state index contributed by atoms with van der Waals surface area (Å²) in [5.74, 6) is 1.42. The van der Waals surface area contributed by atoms with Crippen LogP contribution in [-0.2, 0) is 11.2 Å². The molecule has 2 atom stereocenters. The minimum Gasteiger partial charge on any atom is -0.491 e. The van der Waals surface area contributed by atoms with Crippen LogP contribution in [0.5, 0.6) is 5.75 Å². The molecule has 0 aliphatic carbocycles. The van der Waals surface area contributed by atoms with Gasteiger partial charge in [0.15, 0.2) is 0 Å². The van der Waals surface area contributed by atoms with Crippen molar-refractivity contribution in [2.45, 2.75) is 58.6 Å². The van der Waals surface area contributed by atoms with E-state index in [-0.39, 0.29) is 11.9 Å².